The van der Waals surface area contributed by atoms with Gasteiger partial charge in [-0.05, 0) is 36.1 Å². The number of ketones is 1. The van der Waals surface area contributed by atoms with E-state index >= 15 is 0 Å². The molecule has 3 N–H and O–H groups in total. The molecule has 1 unspecified atom stereocenters. The molecule has 1 atom stereocenters. The molecule has 1 heterocycles. The van der Waals surface area contributed by atoms with Crippen LogP contribution in [0.2, 0.25) is 0 Å². The maximum Gasteiger partial charge on any atom is 0.212 e. The van der Waals surface area contributed by atoms with Crippen LogP contribution in [0.15, 0.2) is 48.5 Å². The molecule has 1 saturated carbocycles. The zero-order valence-electron chi connectivity index (χ0n) is 15.4. The quantitative estimate of drug-likeness (QED) is 0.614. The number of Topliss-reactive ketones (excluding diaryl/α,β-unsaturated/α-hetero) is 1. The SMILES string of the molecule is NCc1ccc(C(NC2CCCCC2)C(=O)c2nc3ccccc3s2)cc1. The number of rotatable bonds is 6. The van der Waals surface area contributed by atoms with Gasteiger partial charge in [-0.25, -0.2) is 4.98 Å². The topological polar surface area (TPSA) is 68.0 Å². The lowest BCUT2D eigenvalue weighted by Crippen LogP contribution is -2.38. The van der Waals surface area contributed by atoms with E-state index < -0.39 is 0 Å². The molecular formula is C22H25N3OS. The highest BCUT2D eigenvalue weighted by atomic mass is 32.1. The van der Waals surface area contributed by atoms with Gasteiger partial charge in [0.15, 0.2) is 5.01 Å². The fraction of sp³-hybridized carbons (Fsp3) is 0.364. The second kappa shape index (κ2) is 8.30. The Morgan fingerprint density at radius 2 is 1.85 bits per heavy atom. The van der Waals surface area contributed by atoms with Crippen molar-refractivity contribution in [2.75, 3.05) is 0 Å². The molecule has 0 bridgehead atoms. The Balaban J connectivity index is 1.65. The minimum absolute atomic E-state index is 0.0577. The third-order valence-electron chi connectivity index (χ3n) is 5.32. The molecular weight excluding hydrogens is 354 g/mol. The fourth-order valence-electron chi connectivity index (χ4n) is 3.78. The number of carbonyl (C=O) groups is 1. The lowest BCUT2D eigenvalue weighted by atomic mass is 9.93. The minimum atomic E-state index is -0.361. The van der Waals surface area contributed by atoms with Gasteiger partial charge in [-0.3, -0.25) is 4.79 Å². The number of hydrogen-bond donors (Lipinski definition) is 2. The minimum Gasteiger partial charge on any atom is -0.326 e. The van der Waals surface area contributed by atoms with Gasteiger partial charge in [0, 0.05) is 12.6 Å². The predicted octanol–water partition coefficient (Wildman–Crippen LogP) is 4.60. The Morgan fingerprint density at radius 1 is 1.11 bits per heavy atom. The molecule has 27 heavy (non-hydrogen) atoms. The van der Waals surface area contributed by atoms with Crippen molar-refractivity contribution >= 4 is 27.3 Å². The molecule has 140 valence electrons. The molecule has 0 spiro atoms. The first-order valence-corrected chi connectivity index (χ1v) is 10.5. The molecule has 5 heteroatoms. The van der Waals surface area contributed by atoms with E-state index in [0.717, 1.165) is 34.2 Å². The summed E-state index contributed by atoms with van der Waals surface area (Å²) in [5, 5.41) is 4.21. The first-order chi connectivity index (χ1) is 13.2. The molecule has 1 aromatic heterocycles. The molecule has 4 nitrogen and oxygen atoms in total. The first kappa shape index (κ1) is 18.3. The van der Waals surface area contributed by atoms with Crippen molar-refractivity contribution < 1.29 is 4.79 Å². The Morgan fingerprint density at radius 3 is 2.56 bits per heavy atom. The second-order valence-corrected chi connectivity index (χ2v) is 8.26. The van der Waals surface area contributed by atoms with Gasteiger partial charge in [-0.1, -0.05) is 55.7 Å². The number of benzene rings is 2. The van der Waals surface area contributed by atoms with Crippen LogP contribution >= 0.6 is 11.3 Å². The van der Waals surface area contributed by atoms with E-state index in [9.17, 15) is 4.79 Å². The molecule has 1 fully saturated rings. The smallest absolute Gasteiger partial charge is 0.212 e. The van der Waals surface area contributed by atoms with Gasteiger partial charge in [-0.2, -0.15) is 0 Å². The van der Waals surface area contributed by atoms with E-state index in [1.54, 1.807) is 0 Å². The van der Waals surface area contributed by atoms with E-state index in [1.165, 1.54) is 30.6 Å². The van der Waals surface area contributed by atoms with Crippen LogP contribution in [0, 0.1) is 0 Å². The molecule has 0 amide bonds. The van der Waals surface area contributed by atoms with Crippen LogP contribution in [0.5, 0.6) is 0 Å². The number of hydrogen-bond acceptors (Lipinski definition) is 5. The van der Waals surface area contributed by atoms with Gasteiger partial charge < -0.3 is 11.1 Å². The molecule has 1 aliphatic carbocycles. The van der Waals surface area contributed by atoms with Crippen molar-refractivity contribution in [2.24, 2.45) is 5.73 Å². The molecule has 3 aromatic rings. The number of thiazole rings is 1. The van der Waals surface area contributed by atoms with Crippen LogP contribution in [0.4, 0.5) is 0 Å². The summed E-state index contributed by atoms with van der Waals surface area (Å²) in [6.07, 6.45) is 6.01. The monoisotopic (exact) mass is 379 g/mol. The van der Waals surface area contributed by atoms with Crippen LogP contribution in [0.1, 0.15) is 59.1 Å². The van der Waals surface area contributed by atoms with E-state index in [0.29, 0.717) is 17.6 Å². The second-order valence-electron chi connectivity index (χ2n) is 7.23. The molecule has 0 radical (unpaired) electrons. The molecule has 0 saturated heterocycles. The van der Waals surface area contributed by atoms with Gasteiger partial charge in [0.05, 0.1) is 16.3 Å². The Bertz CT molecular complexity index is 880. The summed E-state index contributed by atoms with van der Waals surface area (Å²) in [6.45, 7) is 0.507. The number of nitrogens with two attached hydrogens (primary N) is 1. The number of fused-ring (bicyclic) bond motifs is 1. The number of nitrogens with one attached hydrogen (secondary N) is 1. The van der Waals surface area contributed by atoms with Crippen molar-refractivity contribution in [3.05, 3.63) is 64.7 Å². The summed E-state index contributed by atoms with van der Waals surface area (Å²) in [5.41, 5.74) is 8.68. The maximum atomic E-state index is 13.4. The highest BCUT2D eigenvalue weighted by molar-refractivity contribution is 7.20. The van der Waals surface area contributed by atoms with Crippen LogP contribution < -0.4 is 11.1 Å². The van der Waals surface area contributed by atoms with Crippen molar-refractivity contribution in [1.82, 2.24) is 10.3 Å². The largest absolute Gasteiger partial charge is 0.326 e. The van der Waals surface area contributed by atoms with Gasteiger partial charge in [0.25, 0.3) is 0 Å². The van der Waals surface area contributed by atoms with Gasteiger partial charge in [0.1, 0.15) is 0 Å². The highest BCUT2D eigenvalue weighted by Gasteiger charge is 2.28. The average Bonchev–Trinajstić information content (AvgIpc) is 3.17. The first-order valence-electron chi connectivity index (χ1n) is 9.69. The summed E-state index contributed by atoms with van der Waals surface area (Å²) in [6, 6.07) is 16.0. The zero-order valence-corrected chi connectivity index (χ0v) is 16.2. The van der Waals surface area contributed by atoms with Crippen molar-refractivity contribution in [2.45, 2.75) is 50.7 Å². The Labute approximate surface area is 163 Å². The van der Waals surface area contributed by atoms with Crippen molar-refractivity contribution in [3.8, 4) is 0 Å². The van der Waals surface area contributed by atoms with Crippen LogP contribution in [0.25, 0.3) is 10.2 Å². The van der Waals surface area contributed by atoms with Crippen LogP contribution in [0.3, 0.4) is 0 Å². The maximum absolute atomic E-state index is 13.4. The van der Waals surface area contributed by atoms with E-state index in [4.69, 9.17) is 5.73 Å². The Hall–Kier alpha value is -2.08. The lowest BCUT2D eigenvalue weighted by molar-refractivity contribution is 0.0931. The highest BCUT2D eigenvalue weighted by Crippen LogP contribution is 2.28. The average molecular weight is 380 g/mol. The molecule has 4 rings (SSSR count). The van der Waals surface area contributed by atoms with E-state index in [2.05, 4.69) is 10.3 Å². The number of nitrogens with zero attached hydrogens (tertiary/aromatic N) is 1. The van der Waals surface area contributed by atoms with Gasteiger partial charge in [0.2, 0.25) is 5.78 Å². The summed E-state index contributed by atoms with van der Waals surface area (Å²) in [7, 11) is 0. The molecule has 1 aliphatic rings. The summed E-state index contributed by atoms with van der Waals surface area (Å²) in [5.74, 6) is 0.0577. The van der Waals surface area contributed by atoms with E-state index in [-0.39, 0.29) is 11.8 Å². The fourth-order valence-corrected chi connectivity index (χ4v) is 4.71. The van der Waals surface area contributed by atoms with Gasteiger partial charge in [-0.15, -0.1) is 11.3 Å². The number of aromatic nitrogens is 1. The Kier molecular flexibility index (Phi) is 5.62. The normalized spacial score (nSPS) is 16.5. The third-order valence-corrected chi connectivity index (χ3v) is 6.37. The number of para-hydroxylation sites is 1. The van der Waals surface area contributed by atoms with E-state index in [1.807, 2.05) is 48.5 Å². The van der Waals surface area contributed by atoms with Crippen LogP contribution in [-0.2, 0) is 6.54 Å². The standard InChI is InChI=1S/C22H25N3OS/c23-14-15-10-12-16(13-11-15)20(24-17-6-2-1-3-7-17)21(26)22-25-18-8-4-5-9-19(18)27-22/h4-5,8-13,17,20,24H,1-3,6-7,14,23H2. The lowest BCUT2D eigenvalue weighted by Gasteiger charge is -2.28. The van der Waals surface area contributed by atoms with Crippen molar-refractivity contribution in [1.29, 1.82) is 0 Å². The van der Waals surface area contributed by atoms with Gasteiger partial charge >= 0.3 is 0 Å². The number of carbonyl (C=O) groups excluding carboxylic acids is 1. The third kappa shape index (κ3) is 4.10. The predicted molar refractivity (Wildman–Crippen MR) is 111 cm³/mol. The summed E-state index contributed by atoms with van der Waals surface area (Å²) < 4.78 is 1.05. The zero-order chi connectivity index (χ0) is 18.6. The molecule has 2 aromatic carbocycles. The summed E-state index contributed by atoms with van der Waals surface area (Å²) in [4.78, 5) is 18.0. The van der Waals surface area contributed by atoms with Crippen LogP contribution in [-0.4, -0.2) is 16.8 Å². The molecule has 0 aliphatic heterocycles. The van der Waals surface area contributed by atoms with Crippen molar-refractivity contribution in [3.63, 3.8) is 0 Å². The summed E-state index contributed by atoms with van der Waals surface area (Å²) >= 11 is 1.48.